The molecule has 8 aromatic rings. The maximum atomic E-state index is 6.43. The second kappa shape index (κ2) is 12.9. The SMILES string of the molecule is CC(C)(C)c1ccc(N2C=CN(c3[c-]c(Oc4[c-]c5c(cc4)c4ccccc4n5-c4nc5ccccc5[nH]4)ccc3)[CH-]2)c(-c2ccccc2)c1.[Pt]. The van der Waals surface area contributed by atoms with Gasteiger partial charge in [-0.1, -0.05) is 93.0 Å². The van der Waals surface area contributed by atoms with Gasteiger partial charge in [-0.15, -0.1) is 48.1 Å². The summed E-state index contributed by atoms with van der Waals surface area (Å²) in [6, 6.07) is 50.8. The second-order valence-electron chi connectivity index (χ2n) is 13.6. The molecular formula is C44H34N5OPt-3. The van der Waals surface area contributed by atoms with E-state index >= 15 is 0 Å². The van der Waals surface area contributed by atoms with Crippen LogP contribution in [0.15, 0.2) is 140 Å². The van der Waals surface area contributed by atoms with E-state index < -0.39 is 0 Å². The Labute approximate surface area is 311 Å². The van der Waals surface area contributed by atoms with Gasteiger partial charge in [-0.3, -0.25) is 0 Å². The summed E-state index contributed by atoms with van der Waals surface area (Å²) in [6.07, 6.45) is 4.13. The quantitative estimate of drug-likeness (QED) is 0.169. The molecule has 3 heterocycles. The minimum atomic E-state index is 0. The van der Waals surface area contributed by atoms with Crippen molar-refractivity contribution < 1.29 is 25.8 Å². The molecule has 7 heteroatoms. The number of fused-ring (bicyclic) bond motifs is 4. The number of H-pyrrole nitrogens is 1. The minimum Gasteiger partial charge on any atom is -0.509 e. The molecule has 0 atom stereocenters. The molecule has 0 unspecified atom stereocenters. The van der Waals surface area contributed by atoms with Gasteiger partial charge in [0, 0.05) is 49.3 Å². The Morgan fingerprint density at radius 1 is 0.706 bits per heavy atom. The van der Waals surface area contributed by atoms with E-state index in [1.165, 1.54) is 16.7 Å². The zero-order chi connectivity index (χ0) is 33.8. The van der Waals surface area contributed by atoms with Crippen molar-refractivity contribution >= 4 is 44.2 Å². The number of para-hydroxylation sites is 3. The first-order valence-electron chi connectivity index (χ1n) is 16.8. The molecule has 0 bridgehead atoms. The smallest absolute Gasteiger partial charge is 0.211 e. The summed E-state index contributed by atoms with van der Waals surface area (Å²) in [5, 5.41) is 2.21. The van der Waals surface area contributed by atoms with Gasteiger partial charge in [-0.2, -0.15) is 12.1 Å². The van der Waals surface area contributed by atoms with Crippen molar-refractivity contribution in [3.05, 3.63) is 164 Å². The standard InChI is InChI=1S/C44H34N5O.Pt/c1-44(2,3)31-20-23-40(37(26-31)30-12-5-4-6-13-30)48-25-24-47(29-48)32-14-11-15-33(27-32)50-34-21-22-36-35-16-7-10-19-41(35)49(42(36)28-34)43-45-38-17-8-9-18-39(38)46-43;/h4-26,29H,1-3H3,(H,45,46);/q-3;. The summed E-state index contributed by atoms with van der Waals surface area (Å²) in [4.78, 5) is 12.6. The zero-order valence-corrected chi connectivity index (χ0v) is 30.6. The number of hydrogen-bond donors (Lipinski definition) is 1. The first-order valence-corrected chi connectivity index (χ1v) is 16.8. The third-order valence-corrected chi connectivity index (χ3v) is 9.26. The van der Waals surface area contributed by atoms with Crippen LogP contribution in [0.2, 0.25) is 0 Å². The van der Waals surface area contributed by atoms with Crippen LogP contribution in [0.4, 0.5) is 11.4 Å². The Morgan fingerprint density at radius 2 is 1.47 bits per heavy atom. The average molecular weight is 844 g/mol. The van der Waals surface area contributed by atoms with Gasteiger partial charge in [0.05, 0.1) is 11.0 Å². The van der Waals surface area contributed by atoms with Crippen LogP contribution < -0.4 is 14.5 Å². The third kappa shape index (κ3) is 6.00. The van der Waals surface area contributed by atoms with Gasteiger partial charge >= 0.3 is 0 Å². The van der Waals surface area contributed by atoms with Gasteiger partial charge in [0.15, 0.2) is 0 Å². The van der Waals surface area contributed by atoms with E-state index in [9.17, 15) is 0 Å². The summed E-state index contributed by atoms with van der Waals surface area (Å²) >= 11 is 0. The number of imidazole rings is 1. The molecule has 9 rings (SSSR count). The molecule has 0 radical (unpaired) electrons. The van der Waals surface area contributed by atoms with Crippen LogP contribution in [-0.2, 0) is 26.5 Å². The molecule has 0 saturated heterocycles. The van der Waals surface area contributed by atoms with Crippen molar-refractivity contribution in [1.29, 1.82) is 0 Å². The zero-order valence-electron chi connectivity index (χ0n) is 28.4. The molecule has 254 valence electrons. The first-order chi connectivity index (χ1) is 24.4. The van der Waals surface area contributed by atoms with Gasteiger partial charge < -0.3 is 24.1 Å². The van der Waals surface area contributed by atoms with Gasteiger partial charge in [-0.05, 0) is 64.7 Å². The van der Waals surface area contributed by atoms with E-state index in [2.05, 4.69) is 138 Å². The molecule has 51 heavy (non-hydrogen) atoms. The number of ether oxygens (including phenoxy) is 1. The Bertz CT molecular complexity index is 2530. The fourth-order valence-electron chi connectivity index (χ4n) is 6.68. The Kier molecular flexibility index (Phi) is 8.28. The normalized spacial score (nSPS) is 13.0. The molecular weight excluding hydrogens is 810 g/mol. The van der Waals surface area contributed by atoms with Crippen molar-refractivity contribution in [2.45, 2.75) is 26.2 Å². The van der Waals surface area contributed by atoms with Crippen molar-refractivity contribution in [3.63, 3.8) is 0 Å². The van der Waals surface area contributed by atoms with E-state index in [0.29, 0.717) is 11.5 Å². The predicted octanol–water partition coefficient (Wildman–Crippen LogP) is 10.9. The van der Waals surface area contributed by atoms with E-state index in [0.717, 1.165) is 50.2 Å². The van der Waals surface area contributed by atoms with Crippen LogP contribution in [0.1, 0.15) is 26.3 Å². The van der Waals surface area contributed by atoms with E-state index in [1.54, 1.807) is 0 Å². The molecule has 2 aromatic heterocycles. The Balaban J connectivity index is 0.00000374. The third-order valence-electron chi connectivity index (χ3n) is 9.26. The number of nitrogens with zero attached hydrogens (tertiary/aromatic N) is 4. The van der Waals surface area contributed by atoms with Crippen molar-refractivity contribution in [2.24, 2.45) is 0 Å². The van der Waals surface area contributed by atoms with Crippen molar-refractivity contribution in [3.8, 4) is 28.6 Å². The molecule has 1 aliphatic heterocycles. The monoisotopic (exact) mass is 843 g/mol. The summed E-state index contributed by atoms with van der Waals surface area (Å²) < 4.78 is 8.55. The van der Waals surface area contributed by atoms with E-state index in [1.807, 2.05) is 60.8 Å². The molecule has 1 N–H and O–H groups in total. The number of hydrogen-bond acceptors (Lipinski definition) is 4. The van der Waals surface area contributed by atoms with Crippen molar-refractivity contribution in [2.75, 3.05) is 9.80 Å². The van der Waals surface area contributed by atoms with Crippen LogP contribution >= 0.6 is 0 Å². The molecule has 6 nitrogen and oxygen atoms in total. The molecule has 6 aromatic carbocycles. The number of aromatic nitrogens is 3. The summed E-state index contributed by atoms with van der Waals surface area (Å²) in [5.74, 6) is 1.94. The number of anilines is 2. The van der Waals surface area contributed by atoms with Gasteiger partial charge in [-0.25, -0.2) is 4.98 Å². The van der Waals surface area contributed by atoms with Gasteiger partial charge in [0.25, 0.3) is 0 Å². The fraction of sp³-hybridized carbons (Fsp3) is 0.0909. The number of rotatable bonds is 6. The van der Waals surface area contributed by atoms with Gasteiger partial charge in [0.2, 0.25) is 5.95 Å². The molecule has 0 amide bonds. The van der Waals surface area contributed by atoms with Crippen LogP contribution in [0, 0.1) is 18.8 Å². The number of benzene rings is 6. The van der Waals surface area contributed by atoms with E-state index in [4.69, 9.17) is 9.72 Å². The summed E-state index contributed by atoms with van der Waals surface area (Å²) in [7, 11) is 0. The van der Waals surface area contributed by atoms with Crippen LogP contribution in [-0.4, -0.2) is 14.5 Å². The maximum Gasteiger partial charge on any atom is 0.211 e. The molecule has 0 aliphatic carbocycles. The van der Waals surface area contributed by atoms with Crippen LogP contribution in [0.5, 0.6) is 11.5 Å². The fourth-order valence-corrected chi connectivity index (χ4v) is 6.68. The maximum absolute atomic E-state index is 6.43. The summed E-state index contributed by atoms with van der Waals surface area (Å²) in [6.45, 7) is 8.84. The molecule has 0 fully saturated rings. The van der Waals surface area contributed by atoms with Crippen LogP contribution in [0.25, 0.3) is 49.9 Å². The van der Waals surface area contributed by atoms with Gasteiger partial charge in [0.1, 0.15) is 0 Å². The summed E-state index contributed by atoms with van der Waals surface area (Å²) in [5.41, 5.74) is 9.52. The number of aromatic amines is 1. The topological polar surface area (TPSA) is 49.3 Å². The van der Waals surface area contributed by atoms with Crippen molar-refractivity contribution in [1.82, 2.24) is 14.5 Å². The Hall–Kier alpha value is -5.58. The minimum absolute atomic E-state index is 0. The second-order valence-corrected chi connectivity index (χ2v) is 13.6. The average Bonchev–Trinajstić information content (AvgIpc) is 3.87. The number of nitrogens with one attached hydrogen (secondary N) is 1. The Morgan fingerprint density at radius 3 is 2.31 bits per heavy atom. The molecule has 0 saturated carbocycles. The molecule has 1 aliphatic rings. The first kappa shape index (κ1) is 32.6. The van der Waals surface area contributed by atoms with E-state index in [-0.39, 0.29) is 26.5 Å². The molecule has 0 spiro atoms. The largest absolute Gasteiger partial charge is 0.509 e. The van der Waals surface area contributed by atoms with Crippen LogP contribution in [0.3, 0.4) is 0 Å². The predicted molar refractivity (Wildman–Crippen MR) is 204 cm³/mol.